The molecule has 1 unspecified atom stereocenters. The number of halogens is 1. The third-order valence-electron chi connectivity index (χ3n) is 4.78. The van der Waals surface area contributed by atoms with Crippen molar-refractivity contribution < 1.29 is 14.5 Å². The van der Waals surface area contributed by atoms with Gasteiger partial charge >= 0.3 is 0 Å². The van der Waals surface area contributed by atoms with Crippen LogP contribution in [0.4, 0.5) is 11.4 Å². The Bertz CT molecular complexity index is 714. The summed E-state index contributed by atoms with van der Waals surface area (Å²) in [5.41, 5.74) is 0.552. The molecule has 1 aromatic rings. The van der Waals surface area contributed by atoms with Crippen molar-refractivity contribution in [2.24, 2.45) is 0 Å². The Morgan fingerprint density at radius 1 is 1.38 bits per heavy atom. The van der Waals surface area contributed by atoms with Crippen LogP contribution >= 0.6 is 15.9 Å². The van der Waals surface area contributed by atoms with Gasteiger partial charge in [0, 0.05) is 36.2 Å². The van der Waals surface area contributed by atoms with E-state index < -0.39 is 4.92 Å². The summed E-state index contributed by atoms with van der Waals surface area (Å²) in [7, 11) is 2.01. The number of carbonyl (C=O) groups is 1. The van der Waals surface area contributed by atoms with Crippen molar-refractivity contribution in [3.05, 3.63) is 32.3 Å². The first-order chi connectivity index (χ1) is 12.3. The van der Waals surface area contributed by atoms with Crippen molar-refractivity contribution in [1.82, 2.24) is 9.80 Å². The molecule has 2 aliphatic rings. The van der Waals surface area contributed by atoms with Crippen LogP contribution in [0.25, 0.3) is 0 Å². The molecule has 1 aromatic carbocycles. The first-order valence-electron chi connectivity index (χ1n) is 8.69. The minimum absolute atomic E-state index is 0.0465. The summed E-state index contributed by atoms with van der Waals surface area (Å²) in [6.45, 7) is 5.05. The highest BCUT2D eigenvalue weighted by molar-refractivity contribution is 9.10. The summed E-state index contributed by atoms with van der Waals surface area (Å²) in [6, 6.07) is 3.19. The van der Waals surface area contributed by atoms with Crippen LogP contribution < -0.4 is 5.32 Å². The van der Waals surface area contributed by atoms with Crippen LogP contribution in [0.1, 0.15) is 23.7 Å². The Balaban J connectivity index is 1.96. The number of likely N-dealkylation sites (N-methyl/N-ethyl adjacent to an activating group) is 1. The predicted octanol–water partition coefficient (Wildman–Crippen LogP) is 2.33. The number of likely N-dealkylation sites (tertiary alicyclic amines) is 1. The number of ether oxygens (including phenoxy) is 1. The first-order valence-corrected chi connectivity index (χ1v) is 9.48. The molecule has 1 N–H and O–H groups in total. The number of carbonyl (C=O) groups excluding carboxylic acids is 1. The van der Waals surface area contributed by atoms with Gasteiger partial charge in [0.2, 0.25) is 0 Å². The molecule has 0 saturated carbocycles. The Morgan fingerprint density at radius 3 is 2.77 bits per heavy atom. The second kappa shape index (κ2) is 7.89. The van der Waals surface area contributed by atoms with Gasteiger partial charge in [0.1, 0.15) is 5.69 Å². The van der Waals surface area contributed by atoms with Gasteiger partial charge in [0.25, 0.3) is 11.6 Å². The van der Waals surface area contributed by atoms with Crippen LogP contribution in [0.5, 0.6) is 0 Å². The monoisotopic (exact) mass is 426 g/mol. The summed E-state index contributed by atoms with van der Waals surface area (Å²) in [5, 5.41) is 14.9. The molecule has 2 aliphatic heterocycles. The van der Waals surface area contributed by atoms with E-state index in [-0.39, 0.29) is 23.7 Å². The van der Waals surface area contributed by atoms with E-state index >= 15 is 0 Å². The molecule has 0 spiro atoms. The molecule has 1 amide bonds. The number of nitrogens with one attached hydrogen (secondary N) is 1. The maximum Gasteiger partial charge on any atom is 0.294 e. The fraction of sp³-hybridized carbons (Fsp3) is 0.588. The van der Waals surface area contributed by atoms with Gasteiger partial charge in [-0.15, -0.1) is 0 Å². The molecule has 0 aromatic heterocycles. The number of hydrogen-bond donors (Lipinski definition) is 1. The number of benzene rings is 1. The number of hydrogen-bond acceptors (Lipinski definition) is 6. The van der Waals surface area contributed by atoms with Crippen LogP contribution in [0, 0.1) is 10.1 Å². The van der Waals surface area contributed by atoms with Crippen LogP contribution in [0.2, 0.25) is 0 Å². The zero-order valence-electron chi connectivity index (χ0n) is 14.9. The quantitative estimate of drug-likeness (QED) is 0.586. The maximum absolute atomic E-state index is 13.1. The largest absolute Gasteiger partial charge is 0.375 e. The molecule has 26 heavy (non-hydrogen) atoms. The number of amides is 1. The molecule has 2 atom stereocenters. The van der Waals surface area contributed by atoms with Gasteiger partial charge in [-0.1, -0.05) is 15.9 Å². The normalized spacial score (nSPS) is 23.9. The molecular formula is C17H23BrN4O4. The van der Waals surface area contributed by atoms with E-state index in [9.17, 15) is 14.9 Å². The summed E-state index contributed by atoms with van der Waals surface area (Å²) in [5.74, 6) is -0.210. The van der Waals surface area contributed by atoms with Gasteiger partial charge in [-0.2, -0.15) is 0 Å². The van der Waals surface area contributed by atoms with Crippen molar-refractivity contribution in [3.63, 3.8) is 0 Å². The average molecular weight is 427 g/mol. The standard InChI is InChI=1S/C17H23BrN4O4/c1-11-9-21(5-6-26-11)17(23)14-7-12(18)8-15(22(24)25)16(14)19-13-3-4-20(2)10-13/h7-8,11,13,19H,3-6,9-10H2,1-2H3/t11-,13?/m1/s1. The number of nitro groups is 1. The van der Waals surface area contributed by atoms with Crippen LogP contribution in [0.15, 0.2) is 16.6 Å². The molecule has 2 fully saturated rings. The van der Waals surface area contributed by atoms with E-state index in [2.05, 4.69) is 26.1 Å². The lowest BCUT2D eigenvalue weighted by Gasteiger charge is -2.32. The van der Waals surface area contributed by atoms with Gasteiger partial charge < -0.3 is 19.9 Å². The lowest BCUT2D eigenvalue weighted by molar-refractivity contribution is -0.384. The van der Waals surface area contributed by atoms with E-state index in [4.69, 9.17) is 4.74 Å². The topological polar surface area (TPSA) is 88.0 Å². The highest BCUT2D eigenvalue weighted by atomic mass is 79.9. The van der Waals surface area contributed by atoms with Crippen LogP contribution in [-0.2, 0) is 4.74 Å². The van der Waals surface area contributed by atoms with Crippen molar-refractivity contribution >= 4 is 33.2 Å². The fourth-order valence-electron chi connectivity index (χ4n) is 3.49. The minimum atomic E-state index is -0.440. The second-order valence-electron chi connectivity index (χ2n) is 6.93. The van der Waals surface area contributed by atoms with Crippen LogP contribution in [0.3, 0.4) is 0 Å². The summed E-state index contributed by atoms with van der Waals surface area (Å²) >= 11 is 3.31. The smallest absolute Gasteiger partial charge is 0.294 e. The molecule has 0 radical (unpaired) electrons. The zero-order chi connectivity index (χ0) is 18.8. The molecule has 0 aliphatic carbocycles. The first kappa shape index (κ1) is 19.1. The van der Waals surface area contributed by atoms with Crippen molar-refractivity contribution in [3.8, 4) is 0 Å². The molecule has 2 heterocycles. The van der Waals surface area contributed by atoms with Crippen molar-refractivity contribution in [2.45, 2.75) is 25.5 Å². The van der Waals surface area contributed by atoms with E-state index in [1.54, 1.807) is 11.0 Å². The van der Waals surface area contributed by atoms with Gasteiger partial charge in [-0.3, -0.25) is 14.9 Å². The van der Waals surface area contributed by atoms with E-state index in [1.807, 2.05) is 14.0 Å². The van der Waals surface area contributed by atoms with Crippen molar-refractivity contribution in [1.29, 1.82) is 0 Å². The Kier molecular flexibility index (Phi) is 5.79. The van der Waals surface area contributed by atoms with E-state index in [1.165, 1.54) is 6.07 Å². The van der Waals surface area contributed by atoms with Gasteiger partial charge in [0.15, 0.2) is 0 Å². The lowest BCUT2D eigenvalue weighted by atomic mass is 10.1. The van der Waals surface area contributed by atoms with E-state index in [0.717, 1.165) is 19.5 Å². The number of rotatable bonds is 4. The number of anilines is 1. The molecule has 8 nitrogen and oxygen atoms in total. The average Bonchev–Trinajstić information content (AvgIpc) is 3.00. The summed E-state index contributed by atoms with van der Waals surface area (Å²) in [4.78, 5) is 28.1. The number of nitrogens with zero attached hydrogens (tertiary/aromatic N) is 3. The lowest BCUT2D eigenvalue weighted by Crippen LogP contribution is -2.44. The maximum atomic E-state index is 13.1. The summed E-state index contributed by atoms with van der Waals surface area (Å²) in [6.07, 6.45) is 0.834. The Labute approximate surface area is 160 Å². The Hall–Kier alpha value is -1.71. The van der Waals surface area contributed by atoms with Crippen LogP contribution in [-0.4, -0.2) is 72.6 Å². The number of morpholine rings is 1. The van der Waals surface area contributed by atoms with Gasteiger partial charge in [-0.05, 0) is 33.0 Å². The zero-order valence-corrected chi connectivity index (χ0v) is 16.5. The fourth-order valence-corrected chi connectivity index (χ4v) is 3.93. The third-order valence-corrected chi connectivity index (χ3v) is 5.24. The van der Waals surface area contributed by atoms with Gasteiger partial charge in [0.05, 0.1) is 23.2 Å². The molecular weight excluding hydrogens is 404 g/mol. The van der Waals surface area contributed by atoms with E-state index in [0.29, 0.717) is 35.4 Å². The second-order valence-corrected chi connectivity index (χ2v) is 7.85. The van der Waals surface area contributed by atoms with Gasteiger partial charge in [-0.25, -0.2) is 0 Å². The molecule has 2 saturated heterocycles. The highest BCUT2D eigenvalue weighted by Gasteiger charge is 2.31. The number of nitro benzene ring substituents is 1. The Morgan fingerprint density at radius 2 is 2.15 bits per heavy atom. The third kappa shape index (κ3) is 4.16. The SMILES string of the molecule is C[C@@H]1CN(C(=O)c2cc(Br)cc([N+](=O)[O-])c2NC2CCN(C)C2)CCO1. The highest BCUT2D eigenvalue weighted by Crippen LogP contribution is 2.35. The molecule has 142 valence electrons. The molecule has 3 rings (SSSR count). The minimum Gasteiger partial charge on any atom is -0.375 e. The summed E-state index contributed by atoms with van der Waals surface area (Å²) < 4.78 is 6.01. The predicted molar refractivity (Wildman–Crippen MR) is 102 cm³/mol. The van der Waals surface area contributed by atoms with Crippen molar-refractivity contribution in [2.75, 3.05) is 45.2 Å². The molecule has 0 bridgehead atoms. The molecule has 9 heteroatoms.